The van der Waals surface area contributed by atoms with Crippen LogP contribution in [-0.2, 0) is 4.74 Å². The lowest BCUT2D eigenvalue weighted by molar-refractivity contribution is 0.0170. The Bertz CT molecular complexity index is 122. The lowest BCUT2D eigenvalue weighted by Gasteiger charge is -2.22. The molecular weight excluding hydrogens is 164 g/mol. The Morgan fingerprint density at radius 1 is 1.54 bits per heavy atom. The van der Waals surface area contributed by atoms with Gasteiger partial charge >= 0.3 is 0 Å². The summed E-state index contributed by atoms with van der Waals surface area (Å²) < 4.78 is 5.59. The summed E-state index contributed by atoms with van der Waals surface area (Å²) in [4.78, 5) is 0. The van der Waals surface area contributed by atoms with E-state index in [1.54, 1.807) is 0 Å². The zero-order valence-corrected chi connectivity index (χ0v) is 8.59. The van der Waals surface area contributed by atoms with E-state index in [2.05, 4.69) is 5.32 Å². The first kappa shape index (κ1) is 11.0. The van der Waals surface area contributed by atoms with Gasteiger partial charge < -0.3 is 15.8 Å². The van der Waals surface area contributed by atoms with Crippen molar-refractivity contribution in [1.29, 1.82) is 0 Å². The summed E-state index contributed by atoms with van der Waals surface area (Å²) in [5.41, 5.74) is 5.64. The van der Waals surface area contributed by atoms with Crippen molar-refractivity contribution in [2.75, 3.05) is 19.7 Å². The van der Waals surface area contributed by atoms with Crippen molar-refractivity contribution in [2.45, 2.75) is 44.8 Å². The molecule has 2 atom stereocenters. The van der Waals surface area contributed by atoms with Crippen LogP contribution in [0.3, 0.4) is 0 Å². The normalized spacial score (nSPS) is 25.8. The van der Waals surface area contributed by atoms with Gasteiger partial charge in [0.05, 0.1) is 6.10 Å². The highest BCUT2D eigenvalue weighted by Gasteiger charge is 2.12. The molecule has 0 amide bonds. The Hall–Kier alpha value is -0.120. The zero-order chi connectivity index (χ0) is 9.52. The van der Waals surface area contributed by atoms with Gasteiger partial charge in [0.25, 0.3) is 0 Å². The molecule has 0 aromatic carbocycles. The number of hydrogen-bond acceptors (Lipinski definition) is 3. The molecule has 0 aromatic rings. The molecule has 1 heterocycles. The largest absolute Gasteiger partial charge is 0.377 e. The van der Waals surface area contributed by atoms with Crippen LogP contribution in [0.2, 0.25) is 0 Å². The summed E-state index contributed by atoms with van der Waals surface area (Å²) in [5.74, 6) is 0. The predicted molar refractivity (Wildman–Crippen MR) is 54.7 cm³/mol. The minimum atomic E-state index is 0.305. The average molecular weight is 186 g/mol. The number of ether oxygens (including phenoxy) is 1. The van der Waals surface area contributed by atoms with Crippen molar-refractivity contribution < 1.29 is 4.74 Å². The maximum Gasteiger partial charge on any atom is 0.0699 e. The van der Waals surface area contributed by atoms with Crippen LogP contribution >= 0.6 is 0 Å². The van der Waals surface area contributed by atoms with E-state index in [1.807, 2.05) is 6.92 Å². The average Bonchev–Trinajstić information content (AvgIpc) is 2.14. The van der Waals surface area contributed by atoms with Gasteiger partial charge in [0.15, 0.2) is 0 Å². The maximum atomic E-state index is 5.64. The van der Waals surface area contributed by atoms with Gasteiger partial charge in [0.2, 0.25) is 0 Å². The van der Waals surface area contributed by atoms with E-state index in [-0.39, 0.29) is 0 Å². The third-order valence-corrected chi connectivity index (χ3v) is 2.42. The predicted octanol–water partition coefficient (Wildman–Crippen LogP) is 0.882. The molecule has 2 unspecified atom stereocenters. The standard InChI is InChI=1S/C10H22N2O/c1-9(11)5-6-12-8-10-4-2-3-7-13-10/h9-10,12H,2-8,11H2,1H3. The first-order chi connectivity index (χ1) is 6.29. The molecule has 0 saturated carbocycles. The Morgan fingerprint density at radius 2 is 2.38 bits per heavy atom. The molecule has 3 heteroatoms. The first-order valence-corrected chi connectivity index (χ1v) is 5.37. The Balaban J connectivity index is 1.92. The molecule has 1 fully saturated rings. The molecule has 1 aliphatic heterocycles. The third-order valence-electron chi connectivity index (χ3n) is 2.42. The molecule has 1 rings (SSSR count). The van der Waals surface area contributed by atoms with E-state index in [1.165, 1.54) is 19.3 Å². The Labute approximate surface area is 81.0 Å². The topological polar surface area (TPSA) is 47.3 Å². The Kier molecular flexibility index (Phi) is 5.35. The smallest absolute Gasteiger partial charge is 0.0699 e. The van der Waals surface area contributed by atoms with E-state index < -0.39 is 0 Å². The first-order valence-electron chi connectivity index (χ1n) is 5.37. The van der Waals surface area contributed by atoms with Crippen molar-refractivity contribution in [3.8, 4) is 0 Å². The fraction of sp³-hybridized carbons (Fsp3) is 1.00. The van der Waals surface area contributed by atoms with Crippen molar-refractivity contribution in [2.24, 2.45) is 5.73 Å². The van der Waals surface area contributed by atoms with Gasteiger partial charge in [-0.05, 0) is 39.2 Å². The van der Waals surface area contributed by atoms with Crippen LogP contribution < -0.4 is 11.1 Å². The van der Waals surface area contributed by atoms with Crippen molar-refractivity contribution in [3.05, 3.63) is 0 Å². The summed E-state index contributed by atoms with van der Waals surface area (Å²) in [5, 5.41) is 3.38. The molecule has 1 saturated heterocycles. The summed E-state index contributed by atoms with van der Waals surface area (Å²) in [6.45, 7) is 4.99. The quantitative estimate of drug-likeness (QED) is 0.627. The second kappa shape index (κ2) is 6.35. The van der Waals surface area contributed by atoms with Gasteiger partial charge in [-0.25, -0.2) is 0 Å². The van der Waals surface area contributed by atoms with Gasteiger partial charge in [-0.2, -0.15) is 0 Å². The summed E-state index contributed by atoms with van der Waals surface area (Å²) in [6, 6.07) is 0.305. The third kappa shape index (κ3) is 5.24. The minimum Gasteiger partial charge on any atom is -0.377 e. The lowest BCUT2D eigenvalue weighted by atomic mass is 10.1. The van der Waals surface area contributed by atoms with Gasteiger partial charge in [0.1, 0.15) is 0 Å². The molecule has 13 heavy (non-hydrogen) atoms. The van der Waals surface area contributed by atoms with Gasteiger partial charge in [-0.15, -0.1) is 0 Å². The number of hydrogen-bond donors (Lipinski definition) is 2. The second-order valence-electron chi connectivity index (χ2n) is 3.96. The molecule has 0 aliphatic carbocycles. The van der Waals surface area contributed by atoms with Crippen molar-refractivity contribution in [3.63, 3.8) is 0 Å². The molecule has 0 aromatic heterocycles. The van der Waals surface area contributed by atoms with Gasteiger partial charge in [-0.3, -0.25) is 0 Å². The van der Waals surface area contributed by atoms with Crippen LogP contribution in [0.5, 0.6) is 0 Å². The SMILES string of the molecule is CC(N)CCNCC1CCCCO1. The highest BCUT2D eigenvalue weighted by Crippen LogP contribution is 2.11. The fourth-order valence-corrected chi connectivity index (χ4v) is 1.56. The molecule has 0 radical (unpaired) electrons. The number of nitrogens with one attached hydrogen (secondary N) is 1. The maximum absolute atomic E-state index is 5.64. The molecule has 0 spiro atoms. The van der Waals surface area contributed by atoms with Crippen LogP contribution in [0.25, 0.3) is 0 Å². The highest BCUT2D eigenvalue weighted by molar-refractivity contribution is 4.66. The molecule has 78 valence electrons. The van der Waals surface area contributed by atoms with E-state index in [0.717, 1.165) is 26.1 Å². The molecule has 3 nitrogen and oxygen atoms in total. The molecular formula is C10H22N2O. The summed E-state index contributed by atoms with van der Waals surface area (Å²) >= 11 is 0. The minimum absolute atomic E-state index is 0.305. The van der Waals surface area contributed by atoms with Crippen LogP contribution in [-0.4, -0.2) is 31.8 Å². The van der Waals surface area contributed by atoms with Crippen molar-refractivity contribution >= 4 is 0 Å². The zero-order valence-electron chi connectivity index (χ0n) is 8.59. The molecule has 3 N–H and O–H groups in total. The molecule has 0 bridgehead atoms. The second-order valence-corrected chi connectivity index (χ2v) is 3.96. The summed E-state index contributed by atoms with van der Waals surface area (Å²) in [6.07, 6.45) is 5.26. The van der Waals surface area contributed by atoms with E-state index in [0.29, 0.717) is 12.1 Å². The van der Waals surface area contributed by atoms with Crippen molar-refractivity contribution in [1.82, 2.24) is 5.32 Å². The highest BCUT2D eigenvalue weighted by atomic mass is 16.5. The monoisotopic (exact) mass is 186 g/mol. The van der Waals surface area contributed by atoms with Gasteiger partial charge in [0, 0.05) is 19.2 Å². The summed E-state index contributed by atoms with van der Waals surface area (Å²) in [7, 11) is 0. The van der Waals surface area contributed by atoms with E-state index in [9.17, 15) is 0 Å². The van der Waals surface area contributed by atoms with E-state index >= 15 is 0 Å². The van der Waals surface area contributed by atoms with Crippen LogP contribution in [0, 0.1) is 0 Å². The van der Waals surface area contributed by atoms with E-state index in [4.69, 9.17) is 10.5 Å². The number of nitrogens with two attached hydrogens (primary N) is 1. The lowest BCUT2D eigenvalue weighted by Crippen LogP contribution is -2.33. The van der Waals surface area contributed by atoms with Crippen LogP contribution in [0.1, 0.15) is 32.6 Å². The van der Waals surface area contributed by atoms with Crippen LogP contribution in [0.4, 0.5) is 0 Å². The van der Waals surface area contributed by atoms with Gasteiger partial charge in [-0.1, -0.05) is 0 Å². The fourth-order valence-electron chi connectivity index (χ4n) is 1.56. The molecule has 1 aliphatic rings. The van der Waals surface area contributed by atoms with Crippen LogP contribution in [0.15, 0.2) is 0 Å². The Morgan fingerprint density at radius 3 is 3.00 bits per heavy atom. The number of rotatable bonds is 5.